The van der Waals surface area contributed by atoms with Gasteiger partial charge in [0.15, 0.2) is 0 Å². The van der Waals surface area contributed by atoms with E-state index >= 15 is 0 Å². The van der Waals surface area contributed by atoms with E-state index in [2.05, 4.69) is 24.0 Å². The zero-order valence-electron chi connectivity index (χ0n) is 8.42. The molecule has 0 aromatic carbocycles. The first-order chi connectivity index (χ1) is 6.34. The third-order valence-electron chi connectivity index (χ3n) is 2.44. The molecule has 0 aromatic heterocycles. The lowest BCUT2D eigenvalue weighted by Crippen LogP contribution is -2.30. The van der Waals surface area contributed by atoms with Gasteiger partial charge < -0.3 is 5.32 Å². The van der Waals surface area contributed by atoms with E-state index in [1.165, 1.54) is 25.0 Å². The van der Waals surface area contributed by atoms with Crippen molar-refractivity contribution >= 4 is 0 Å². The van der Waals surface area contributed by atoms with Crippen molar-refractivity contribution in [1.29, 1.82) is 0 Å². The zero-order chi connectivity index (χ0) is 9.52. The van der Waals surface area contributed by atoms with Gasteiger partial charge >= 0.3 is 0 Å². The smallest absolute Gasteiger partial charge is 0.00199 e. The van der Waals surface area contributed by atoms with Crippen LogP contribution in [0.2, 0.25) is 0 Å². The van der Waals surface area contributed by atoms with E-state index in [-0.39, 0.29) is 0 Å². The molecule has 0 aliphatic carbocycles. The van der Waals surface area contributed by atoms with Crippen LogP contribution < -0.4 is 5.32 Å². The molecule has 13 heavy (non-hydrogen) atoms. The lowest BCUT2D eigenvalue weighted by atomic mass is 9.92. The van der Waals surface area contributed by atoms with Crippen molar-refractivity contribution in [2.75, 3.05) is 13.1 Å². The molecule has 0 saturated carbocycles. The van der Waals surface area contributed by atoms with E-state index in [4.69, 9.17) is 0 Å². The Balaban J connectivity index is 2.37. The topological polar surface area (TPSA) is 12.0 Å². The minimum Gasteiger partial charge on any atom is -0.316 e. The Bertz CT molecular complexity index is 207. The molecule has 0 amide bonds. The van der Waals surface area contributed by atoms with Crippen LogP contribution in [0, 0.1) is 5.92 Å². The summed E-state index contributed by atoms with van der Waals surface area (Å²) in [6.45, 7) is 8.38. The Kier molecular flexibility index (Phi) is 4.55. The van der Waals surface area contributed by atoms with Gasteiger partial charge in [0.1, 0.15) is 0 Å². The van der Waals surface area contributed by atoms with Crippen molar-refractivity contribution in [3.8, 4) is 0 Å². The Morgan fingerprint density at radius 3 is 2.92 bits per heavy atom. The van der Waals surface area contributed by atoms with E-state index in [9.17, 15) is 0 Å². The van der Waals surface area contributed by atoms with Crippen LogP contribution >= 0.6 is 0 Å². The molecule has 72 valence electrons. The van der Waals surface area contributed by atoms with E-state index in [0.29, 0.717) is 5.92 Å². The summed E-state index contributed by atoms with van der Waals surface area (Å²) < 4.78 is 0. The number of allylic oxidation sites excluding steroid dienone is 4. The number of hydrogen-bond donors (Lipinski definition) is 1. The van der Waals surface area contributed by atoms with Crippen molar-refractivity contribution in [3.63, 3.8) is 0 Å². The van der Waals surface area contributed by atoms with Crippen LogP contribution in [0.15, 0.2) is 36.5 Å². The molecular weight excluding hydrogens is 158 g/mol. The largest absolute Gasteiger partial charge is 0.316 e. The van der Waals surface area contributed by atoms with Crippen LogP contribution in [0.4, 0.5) is 0 Å². The summed E-state index contributed by atoms with van der Waals surface area (Å²) >= 11 is 0. The third kappa shape index (κ3) is 3.60. The van der Waals surface area contributed by atoms with Gasteiger partial charge in [-0.1, -0.05) is 36.5 Å². The van der Waals surface area contributed by atoms with Gasteiger partial charge in [-0.05, 0) is 32.2 Å². The van der Waals surface area contributed by atoms with Crippen LogP contribution in [0.1, 0.15) is 19.8 Å². The van der Waals surface area contributed by atoms with Gasteiger partial charge in [-0.15, -0.1) is 0 Å². The van der Waals surface area contributed by atoms with Crippen LogP contribution in [-0.4, -0.2) is 13.1 Å². The number of nitrogens with one attached hydrogen (secondary N) is 1. The fourth-order valence-electron chi connectivity index (χ4n) is 1.59. The molecule has 1 unspecified atom stereocenters. The van der Waals surface area contributed by atoms with Gasteiger partial charge in [-0.3, -0.25) is 0 Å². The highest BCUT2D eigenvalue weighted by molar-refractivity contribution is 5.22. The molecule has 1 atom stereocenters. The van der Waals surface area contributed by atoms with Crippen LogP contribution in [0.3, 0.4) is 0 Å². The molecule has 0 bridgehead atoms. The van der Waals surface area contributed by atoms with E-state index in [0.717, 1.165) is 6.54 Å². The fraction of sp³-hybridized carbons (Fsp3) is 0.500. The average molecular weight is 177 g/mol. The van der Waals surface area contributed by atoms with Gasteiger partial charge in [0.05, 0.1) is 0 Å². The average Bonchev–Trinajstić information content (AvgIpc) is 2.19. The van der Waals surface area contributed by atoms with Crippen LogP contribution in [0.25, 0.3) is 0 Å². The zero-order valence-corrected chi connectivity index (χ0v) is 8.42. The Morgan fingerprint density at radius 2 is 2.31 bits per heavy atom. The monoisotopic (exact) mass is 177 g/mol. The first kappa shape index (κ1) is 10.3. The molecule has 1 aliphatic heterocycles. The lowest BCUT2D eigenvalue weighted by molar-refractivity contribution is 0.428. The van der Waals surface area contributed by atoms with E-state index in [1.54, 1.807) is 0 Å². The van der Waals surface area contributed by atoms with E-state index in [1.807, 2.05) is 19.1 Å². The second-order valence-corrected chi connectivity index (χ2v) is 3.50. The Hall–Kier alpha value is -0.820. The molecule has 1 aliphatic rings. The maximum Gasteiger partial charge on any atom is 0.00199 e. The minimum absolute atomic E-state index is 0.648. The van der Waals surface area contributed by atoms with Gasteiger partial charge in [0, 0.05) is 6.54 Å². The second-order valence-electron chi connectivity index (χ2n) is 3.50. The maximum absolute atomic E-state index is 4.09. The third-order valence-corrected chi connectivity index (χ3v) is 2.44. The van der Waals surface area contributed by atoms with Crippen molar-refractivity contribution in [1.82, 2.24) is 5.32 Å². The molecule has 1 saturated heterocycles. The quantitative estimate of drug-likeness (QED) is 0.653. The van der Waals surface area contributed by atoms with E-state index < -0.39 is 0 Å². The maximum atomic E-state index is 4.09. The number of piperidine rings is 1. The Morgan fingerprint density at radius 1 is 1.46 bits per heavy atom. The summed E-state index contributed by atoms with van der Waals surface area (Å²) in [5.74, 6) is 0.648. The molecule has 1 heterocycles. The number of hydrogen-bond acceptors (Lipinski definition) is 1. The highest BCUT2D eigenvalue weighted by Gasteiger charge is 2.13. The van der Waals surface area contributed by atoms with Gasteiger partial charge in [-0.25, -0.2) is 0 Å². The molecular formula is C12H19N. The predicted molar refractivity (Wildman–Crippen MR) is 58.7 cm³/mol. The molecule has 1 heteroatoms. The summed E-state index contributed by atoms with van der Waals surface area (Å²) in [7, 11) is 0. The molecule has 1 N–H and O–H groups in total. The predicted octanol–water partition coefficient (Wildman–Crippen LogP) is 2.67. The highest BCUT2D eigenvalue weighted by Crippen LogP contribution is 2.18. The first-order valence-corrected chi connectivity index (χ1v) is 5.03. The van der Waals surface area contributed by atoms with Crippen molar-refractivity contribution in [2.45, 2.75) is 19.8 Å². The fourth-order valence-corrected chi connectivity index (χ4v) is 1.59. The molecule has 0 spiro atoms. The lowest BCUT2D eigenvalue weighted by Gasteiger charge is -2.22. The normalized spacial score (nSPS) is 24.2. The molecule has 1 fully saturated rings. The molecule has 1 nitrogen and oxygen atoms in total. The summed E-state index contributed by atoms with van der Waals surface area (Å²) in [6, 6.07) is 0. The summed E-state index contributed by atoms with van der Waals surface area (Å²) in [6.07, 6.45) is 10.8. The molecule has 1 rings (SSSR count). The van der Waals surface area contributed by atoms with Crippen molar-refractivity contribution in [2.24, 2.45) is 5.92 Å². The summed E-state index contributed by atoms with van der Waals surface area (Å²) in [5.41, 5.74) is 1.25. The second kappa shape index (κ2) is 5.76. The number of rotatable bonds is 3. The van der Waals surface area contributed by atoms with Gasteiger partial charge in [0.2, 0.25) is 0 Å². The highest BCUT2D eigenvalue weighted by atomic mass is 14.9. The molecule has 0 radical (unpaired) electrons. The van der Waals surface area contributed by atoms with Gasteiger partial charge in [-0.2, -0.15) is 0 Å². The first-order valence-electron chi connectivity index (χ1n) is 5.03. The van der Waals surface area contributed by atoms with Crippen LogP contribution in [-0.2, 0) is 0 Å². The standard InChI is InChI=1S/C12H19N/c1-3-4-5-7-11(2)12-8-6-9-13-10-12/h3-5,7,12-13H,2,6,8-10H2,1H3/b4-3-,7-5-. The SMILES string of the molecule is C=C(/C=C\C=C/C)C1CCCNC1. The summed E-state index contributed by atoms with van der Waals surface area (Å²) in [4.78, 5) is 0. The van der Waals surface area contributed by atoms with Crippen molar-refractivity contribution in [3.05, 3.63) is 36.5 Å². The van der Waals surface area contributed by atoms with Crippen LogP contribution in [0.5, 0.6) is 0 Å². The van der Waals surface area contributed by atoms with Gasteiger partial charge in [0.25, 0.3) is 0 Å². The van der Waals surface area contributed by atoms with Crippen molar-refractivity contribution < 1.29 is 0 Å². The minimum atomic E-state index is 0.648. The Labute approximate surface area is 81.2 Å². The summed E-state index contributed by atoms with van der Waals surface area (Å²) in [5, 5.41) is 3.39. The molecule has 0 aromatic rings.